The summed E-state index contributed by atoms with van der Waals surface area (Å²) in [4.78, 5) is 12.3. The molecule has 0 aliphatic carbocycles. The Morgan fingerprint density at radius 1 is 1.24 bits per heavy atom. The Morgan fingerprint density at radius 2 is 2.16 bits per heavy atom. The smallest absolute Gasteiger partial charge is 0.231 e. The normalized spacial score (nSPS) is 18.1. The molecule has 1 unspecified atom stereocenters. The largest absolute Gasteiger partial charge is 0.467 e. The number of nitrogens with one attached hydrogen (secondary N) is 1. The fraction of sp³-hybridized carbons (Fsp3) is 0.222. The van der Waals surface area contributed by atoms with Crippen LogP contribution in [0.1, 0.15) is 29.2 Å². The third kappa shape index (κ3) is 2.36. The first kappa shape index (κ1) is 14.2. The summed E-state index contributed by atoms with van der Waals surface area (Å²) in [6.45, 7) is 0.701. The van der Waals surface area contributed by atoms with Gasteiger partial charge < -0.3 is 19.2 Å². The molecule has 7 heteroatoms. The molecule has 0 bridgehead atoms. The van der Waals surface area contributed by atoms with Gasteiger partial charge in [-0.3, -0.25) is 4.79 Å². The van der Waals surface area contributed by atoms with Crippen molar-refractivity contribution < 1.29 is 18.7 Å². The Balaban J connectivity index is 1.53. The highest BCUT2D eigenvalue weighted by molar-refractivity contribution is 5.94. The van der Waals surface area contributed by atoms with Gasteiger partial charge in [0.15, 0.2) is 11.5 Å². The molecular formula is C18H15N3O4. The molecular weight excluding hydrogens is 322 g/mol. The van der Waals surface area contributed by atoms with E-state index in [9.17, 15) is 4.79 Å². The van der Waals surface area contributed by atoms with Crippen LogP contribution in [0.25, 0.3) is 0 Å². The molecule has 5 rings (SSSR count). The lowest BCUT2D eigenvalue weighted by Gasteiger charge is -2.23. The van der Waals surface area contributed by atoms with E-state index in [1.165, 1.54) is 0 Å². The third-order valence-electron chi connectivity index (χ3n) is 4.58. The van der Waals surface area contributed by atoms with Crippen molar-refractivity contribution in [3.63, 3.8) is 0 Å². The topological polar surface area (TPSA) is 78.5 Å². The number of carbonyl (C=O) groups excluding carboxylic acids is 1. The van der Waals surface area contributed by atoms with Crippen LogP contribution in [0, 0.1) is 0 Å². The summed E-state index contributed by atoms with van der Waals surface area (Å²) in [5.41, 5.74) is 2.00. The molecule has 0 spiro atoms. The minimum atomic E-state index is -0.0661. The number of furan rings is 1. The molecule has 1 N–H and O–H groups in total. The lowest BCUT2D eigenvalue weighted by atomic mass is 9.87. The molecule has 7 nitrogen and oxygen atoms in total. The van der Waals surface area contributed by atoms with E-state index in [0.29, 0.717) is 18.7 Å². The number of amides is 1. The number of fused-ring (bicyclic) bond motifs is 2. The molecule has 2 aliphatic rings. The number of rotatable bonds is 3. The summed E-state index contributed by atoms with van der Waals surface area (Å²) < 4.78 is 18.0. The zero-order chi connectivity index (χ0) is 16.8. The van der Waals surface area contributed by atoms with Gasteiger partial charge >= 0.3 is 0 Å². The molecule has 25 heavy (non-hydrogen) atoms. The minimum Gasteiger partial charge on any atom is -0.467 e. The average Bonchev–Trinajstić information content (AvgIpc) is 3.35. The van der Waals surface area contributed by atoms with Crippen molar-refractivity contribution >= 4 is 11.7 Å². The van der Waals surface area contributed by atoms with Crippen LogP contribution >= 0.6 is 0 Å². The average molecular weight is 337 g/mol. The van der Waals surface area contributed by atoms with Gasteiger partial charge in [-0.25, -0.2) is 4.68 Å². The van der Waals surface area contributed by atoms with Crippen LogP contribution < -0.4 is 14.8 Å². The molecule has 1 atom stereocenters. The molecule has 2 aromatic heterocycles. The first-order valence-corrected chi connectivity index (χ1v) is 8.05. The number of ether oxygens (including phenoxy) is 2. The third-order valence-corrected chi connectivity index (χ3v) is 4.58. The van der Waals surface area contributed by atoms with E-state index in [0.717, 1.165) is 28.5 Å². The maximum Gasteiger partial charge on any atom is 0.231 e. The van der Waals surface area contributed by atoms with E-state index in [2.05, 4.69) is 10.4 Å². The minimum absolute atomic E-state index is 0.0311. The van der Waals surface area contributed by atoms with E-state index in [1.54, 1.807) is 10.9 Å². The molecule has 126 valence electrons. The molecule has 0 saturated heterocycles. The van der Waals surface area contributed by atoms with E-state index in [4.69, 9.17) is 13.9 Å². The zero-order valence-corrected chi connectivity index (χ0v) is 13.3. The number of hydrogen-bond donors (Lipinski definition) is 1. The Hall–Kier alpha value is -3.22. The van der Waals surface area contributed by atoms with Crippen LogP contribution in [0.4, 0.5) is 5.82 Å². The highest BCUT2D eigenvalue weighted by atomic mass is 16.7. The van der Waals surface area contributed by atoms with Gasteiger partial charge in [0, 0.05) is 17.9 Å². The summed E-state index contributed by atoms with van der Waals surface area (Å²) in [7, 11) is 0. The van der Waals surface area contributed by atoms with E-state index < -0.39 is 0 Å². The first-order chi connectivity index (χ1) is 12.3. The number of aromatic nitrogens is 2. The van der Waals surface area contributed by atoms with Crippen LogP contribution in [0.2, 0.25) is 0 Å². The second-order valence-corrected chi connectivity index (χ2v) is 6.10. The zero-order valence-electron chi connectivity index (χ0n) is 13.3. The van der Waals surface area contributed by atoms with E-state index >= 15 is 0 Å². The van der Waals surface area contributed by atoms with Gasteiger partial charge in [-0.05, 0) is 29.8 Å². The molecule has 1 aromatic carbocycles. The maximum atomic E-state index is 12.3. The van der Waals surface area contributed by atoms with Crippen molar-refractivity contribution in [3.8, 4) is 11.5 Å². The molecule has 0 radical (unpaired) electrons. The summed E-state index contributed by atoms with van der Waals surface area (Å²) in [6, 6.07) is 9.52. The molecule has 4 heterocycles. The number of carbonyl (C=O) groups is 1. The van der Waals surface area contributed by atoms with Gasteiger partial charge in [-0.1, -0.05) is 6.07 Å². The molecule has 0 fully saturated rings. The summed E-state index contributed by atoms with van der Waals surface area (Å²) >= 11 is 0. The summed E-state index contributed by atoms with van der Waals surface area (Å²) in [5.74, 6) is 2.85. The molecule has 2 aliphatic heterocycles. The number of benzene rings is 1. The van der Waals surface area contributed by atoms with Gasteiger partial charge in [0.25, 0.3) is 0 Å². The van der Waals surface area contributed by atoms with Gasteiger partial charge in [-0.2, -0.15) is 5.10 Å². The standard InChI is InChI=1S/C18H15N3O4/c22-17-7-13(11-3-4-15-16(6-11)25-10-24-15)14-8-19-21(18(14)20-17)9-12-2-1-5-23-12/h1-6,8,13H,7,9-10H2,(H,20,22). The Kier molecular flexibility index (Phi) is 3.06. The highest BCUT2D eigenvalue weighted by Crippen LogP contribution is 2.41. The van der Waals surface area contributed by atoms with Crippen LogP contribution in [-0.4, -0.2) is 22.5 Å². The van der Waals surface area contributed by atoms with Crippen molar-refractivity contribution in [3.05, 3.63) is 59.7 Å². The van der Waals surface area contributed by atoms with Gasteiger partial charge in [-0.15, -0.1) is 0 Å². The fourth-order valence-electron chi connectivity index (χ4n) is 3.37. The number of hydrogen-bond acceptors (Lipinski definition) is 5. The Morgan fingerprint density at radius 3 is 3.04 bits per heavy atom. The lowest BCUT2D eigenvalue weighted by molar-refractivity contribution is -0.116. The van der Waals surface area contributed by atoms with Crippen molar-refractivity contribution in [1.29, 1.82) is 0 Å². The van der Waals surface area contributed by atoms with Crippen molar-refractivity contribution in [2.45, 2.75) is 18.9 Å². The maximum absolute atomic E-state index is 12.3. The molecule has 0 saturated carbocycles. The predicted molar refractivity (Wildman–Crippen MR) is 87.7 cm³/mol. The second-order valence-electron chi connectivity index (χ2n) is 6.10. The predicted octanol–water partition coefficient (Wildman–Crippen LogP) is 2.73. The monoisotopic (exact) mass is 337 g/mol. The molecule has 3 aromatic rings. The van der Waals surface area contributed by atoms with Crippen LogP contribution in [-0.2, 0) is 11.3 Å². The van der Waals surface area contributed by atoms with Gasteiger partial charge in [0.1, 0.15) is 18.1 Å². The first-order valence-electron chi connectivity index (χ1n) is 8.05. The SMILES string of the molecule is O=C1CC(c2ccc3c(c2)OCO3)c2cnn(Cc3ccco3)c2N1. The second kappa shape index (κ2) is 5.41. The van der Waals surface area contributed by atoms with E-state index in [-0.39, 0.29) is 18.6 Å². The number of nitrogens with zero attached hydrogens (tertiary/aromatic N) is 2. The van der Waals surface area contributed by atoms with Crippen LogP contribution in [0.5, 0.6) is 11.5 Å². The van der Waals surface area contributed by atoms with Crippen LogP contribution in [0.3, 0.4) is 0 Å². The van der Waals surface area contributed by atoms with Crippen LogP contribution in [0.15, 0.2) is 47.2 Å². The molecule has 1 amide bonds. The number of anilines is 1. The van der Waals surface area contributed by atoms with Gasteiger partial charge in [0.05, 0.1) is 12.5 Å². The van der Waals surface area contributed by atoms with Crippen molar-refractivity contribution in [2.24, 2.45) is 0 Å². The quantitative estimate of drug-likeness (QED) is 0.795. The van der Waals surface area contributed by atoms with Gasteiger partial charge in [0.2, 0.25) is 12.7 Å². The van der Waals surface area contributed by atoms with E-state index in [1.807, 2.05) is 36.5 Å². The van der Waals surface area contributed by atoms with Crippen molar-refractivity contribution in [1.82, 2.24) is 9.78 Å². The summed E-state index contributed by atoms with van der Waals surface area (Å²) in [6.07, 6.45) is 3.81. The highest BCUT2D eigenvalue weighted by Gasteiger charge is 2.31. The Bertz CT molecular complexity index is 945. The summed E-state index contributed by atoms with van der Waals surface area (Å²) in [5, 5.41) is 7.38. The van der Waals surface area contributed by atoms with Crippen molar-refractivity contribution in [2.75, 3.05) is 12.1 Å². The fourth-order valence-corrected chi connectivity index (χ4v) is 3.37. The lowest BCUT2D eigenvalue weighted by Crippen LogP contribution is -2.25. The Labute approximate surface area is 143 Å².